The fraction of sp³-hybridized carbons (Fsp3) is 0.167. The SMILES string of the molecule is Cn1c([N+](=O)[O-])cnc1CS(=C(O)O)c1ccccc1. The third kappa shape index (κ3) is 2.93. The molecule has 1 aromatic heterocycles. The molecule has 0 bridgehead atoms. The van der Waals surface area contributed by atoms with Crippen molar-refractivity contribution >= 4 is 21.5 Å². The number of aromatic nitrogens is 2. The summed E-state index contributed by atoms with van der Waals surface area (Å²) in [5.41, 5.74) is 0. The molecule has 106 valence electrons. The van der Waals surface area contributed by atoms with Gasteiger partial charge in [0.2, 0.25) is 11.1 Å². The summed E-state index contributed by atoms with van der Waals surface area (Å²) in [6, 6.07) is 8.95. The third-order valence-corrected chi connectivity index (χ3v) is 4.60. The number of nitro groups is 1. The van der Waals surface area contributed by atoms with Gasteiger partial charge >= 0.3 is 5.82 Å². The molecule has 7 nitrogen and oxygen atoms in total. The smallest absolute Gasteiger partial charge is 0.342 e. The van der Waals surface area contributed by atoms with Gasteiger partial charge in [-0.3, -0.25) is 0 Å². The zero-order chi connectivity index (χ0) is 14.7. The molecule has 0 spiro atoms. The molecule has 2 aromatic rings. The maximum Gasteiger partial charge on any atom is 0.342 e. The lowest BCUT2D eigenvalue weighted by Gasteiger charge is -2.08. The van der Waals surface area contributed by atoms with Gasteiger partial charge in [-0.1, -0.05) is 28.7 Å². The van der Waals surface area contributed by atoms with Gasteiger partial charge in [-0.2, -0.15) is 0 Å². The first kappa shape index (κ1) is 14.4. The van der Waals surface area contributed by atoms with E-state index in [2.05, 4.69) is 4.98 Å². The standard InChI is InChI=1S/C12H13N3O4S/c1-14-10(13-7-11(14)15(18)19)8-20(12(16)17)9-5-3-2-4-6-9/h2-7,16-17H,8H2,1H3. The average molecular weight is 295 g/mol. The van der Waals surface area contributed by atoms with Crippen LogP contribution in [0.3, 0.4) is 0 Å². The van der Waals surface area contributed by atoms with E-state index in [1.165, 1.54) is 11.6 Å². The van der Waals surface area contributed by atoms with E-state index in [-0.39, 0.29) is 11.6 Å². The van der Waals surface area contributed by atoms with Gasteiger partial charge in [0.25, 0.3) is 0 Å². The van der Waals surface area contributed by atoms with Gasteiger partial charge in [0.1, 0.15) is 6.20 Å². The van der Waals surface area contributed by atoms with Gasteiger partial charge in [-0.25, -0.2) is 9.55 Å². The van der Waals surface area contributed by atoms with E-state index in [1.54, 1.807) is 24.3 Å². The zero-order valence-electron chi connectivity index (χ0n) is 10.6. The zero-order valence-corrected chi connectivity index (χ0v) is 11.4. The highest BCUT2D eigenvalue weighted by Crippen LogP contribution is 2.31. The number of hydrogen-bond acceptors (Lipinski definition) is 3. The highest BCUT2D eigenvalue weighted by molar-refractivity contribution is 8.14. The van der Waals surface area contributed by atoms with Crippen molar-refractivity contribution in [2.24, 2.45) is 7.05 Å². The van der Waals surface area contributed by atoms with Crippen LogP contribution in [0.2, 0.25) is 0 Å². The van der Waals surface area contributed by atoms with Gasteiger partial charge in [0.05, 0.1) is 12.8 Å². The van der Waals surface area contributed by atoms with Crippen LogP contribution in [0.15, 0.2) is 41.4 Å². The topological polar surface area (TPSA) is 101 Å². The van der Waals surface area contributed by atoms with Crippen molar-refractivity contribution in [2.75, 3.05) is 0 Å². The van der Waals surface area contributed by atoms with Crippen molar-refractivity contribution in [3.05, 3.63) is 52.5 Å². The number of benzene rings is 1. The lowest BCUT2D eigenvalue weighted by atomic mass is 10.4. The molecule has 2 rings (SSSR count). The van der Waals surface area contributed by atoms with E-state index in [9.17, 15) is 20.3 Å². The monoisotopic (exact) mass is 295 g/mol. The highest BCUT2D eigenvalue weighted by Gasteiger charge is 2.18. The van der Waals surface area contributed by atoms with Crippen molar-refractivity contribution in [2.45, 2.75) is 10.6 Å². The summed E-state index contributed by atoms with van der Waals surface area (Å²) in [7, 11) is 0.550. The van der Waals surface area contributed by atoms with Gasteiger partial charge in [0.15, 0.2) is 0 Å². The number of nitrogens with zero attached hydrogens (tertiary/aromatic N) is 3. The highest BCUT2D eigenvalue weighted by atomic mass is 32.2. The predicted molar refractivity (Wildman–Crippen MR) is 76.1 cm³/mol. The Hall–Kier alpha value is -2.03. The van der Waals surface area contributed by atoms with Crippen LogP contribution >= 0.6 is 10.5 Å². The van der Waals surface area contributed by atoms with Crippen LogP contribution in [0.5, 0.6) is 0 Å². The summed E-state index contributed by atoms with van der Waals surface area (Å²) >= 11 is 0. The Kier molecular flexibility index (Phi) is 4.28. The number of aliphatic hydroxyl groups excluding tert-OH is 1. The first-order valence-electron chi connectivity index (χ1n) is 5.66. The molecule has 0 aliphatic carbocycles. The minimum Gasteiger partial charge on any atom is -0.358 e. The summed E-state index contributed by atoms with van der Waals surface area (Å²) in [5, 5.41) is 29.0. The lowest BCUT2D eigenvalue weighted by molar-refractivity contribution is -0.391. The lowest BCUT2D eigenvalue weighted by Crippen LogP contribution is -2.04. The average Bonchev–Trinajstić information content (AvgIpc) is 2.78. The van der Waals surface area contributed by atoms with E-state index < -0.39 is 20.6 Å². The Labute approximate surface area is 117 Å². The fourth-order valence-corrected chi connectivity index (χ4v) is 3.23. The quantitative estimate of drug-likeness (QED) is 0.512. The first-order chi connectivity index (χ1) is 9.50. The molecule has 20 heavy (non-hydrogen) atoms. The fourth-order valence-electron chi connectivity index (χ4n) is 1.71. The third-order valence-electron chi connectivity index (χ3n) is 2.77. The van der Waals surface area contributed by atoms with Crippen LogP contribution in [0, 0.1) is 10.1 Å². The Morgan fingerprint density at radius 2 is 2.05 bits per heavy atom. The van der Waals surface area contributed by atoms with E-state index >= 15 is 0 Å². The summed E-state index contributed by atoms with van der Waals surface area (Å²) < 4.78 is 1.34. The first-order valence-corrected chi connectivity index (χ1v) is 7.06. The number of imidazole rings is 1. The van der Waals surface area contributed by atoms with Crippen LogP contribution in [0.1, 0.15) is 5.82 Å². The van der Waals surface area contributed by atoms with Crippen LogP contribution < -0.4 is 0 Å². The maximum absolute atomic E-state index is 10.8. The van der Waals surface area contributed by atoms with Gasteiger partial charge < -0.3 is 20.3 Å². The van der Waals surface area contributed by atoms with Gasteiger partial charge in [0, 0.05) is 4.90 Å². The molecule has 8 heteroatoms. The number of hydrogen-bond donors (Lipinski definition) is 2. The van der Waals surface area contributed by atoms with Crippen LogP contribution in [0.4, 0.5) is 5.82 Å². The van der Waals surface area contributed by atoms with Crippen LogP contribution in [-0.4, -0.2) is 29.9 Å². The number of aliphatic hydroxyl groups is 2. The molecule has 2 N–H and O–H groups in total. The molecule has 1 aromatic carbocycles. The Morgan fingerprint density at radius 3 is 2.55 bits per heavy atom. The summed E-state index contributed by atoms with van der Waals surface area (Å²) in [6.45, 7) is 0. The largest absolute Gasteiger partial charge is 0.358 e. The molecule has 0 amide bonds. The Balaban J connectivity index is 2.36. The summed E-state index contributed by atoms with van der Waals surface area (Å²) in [5.74, 6) is 0.481. The predicted octanol–water partition coefficient (Wildman–Crippen LogP) is 2.36. The molecule has 0 aliphatic heterocycles. The molecule has 1 heterocycles. The molecular formula is C12H13N3O4S. The van der Waals surface area contributed by atoms with E-state index in [4.69, 9.17) is 0 Å². The van der Waals surface area contributed by atoms with Gasteiger partial charge in [-0.05, 0) is 17.1 Å². The molecule has 0 fully saturated rings. The second kappa shape index (κ2) is 5.95. The van der Waals surface area contributed by atoms with E-state index in [1.807, 2.05) is 6.07 Å². The molecule has 1 atom stereocenters. The van der Waals surface area contributed by atoms with Crippen molar-refractivity contribution in [3.8, 4) is 0 Å². The molecule has 0 saturated heterocycles. The van der Waals surface area contributed by atoms with Gasteiger partial charge in [-0.15, -0.1) is 0 Å². The van der Waals surface area contributed by atoms with E-state index in [0.717, 1.165) is 11.1 Å². The Bertz CT molecular complexity index is 663. The van der Waals surface area contributed by atoms with Crippen LogP contribution in [-0.2, 0) is 12.8 Å². The molecule has 0 radical (unpaired) electrons. The van der Waals surface area contributed by atoms with Crippen molar-refractivity contribution in [1.29, 1.82) is 0 Å². The van der Waals surface area contributed by atoms with Crippen molar-refractivity contribution in [3.63, 3.8) is 0 Å². The molecule has 1 unspecified atom stereocenters. The molecule has 0 aliphatic rings. The second-order valence-corrected chi connectivity index (χ2v) is 5.89. The minimum atomic E-state index is -0.979. The minimum absolute atomic E-state index is 0.131. The summed E-state index contributed by atoms with van der Waals surface area (Å²) in [6.07, 6.45) is 1.16. The Morgan fingerprint density at radius 1 is 1.40 bits per heavy atom. The maximum atomic E-state index is 10.8. The molecule has 0 saturated carbocycles. The van der Waals surface area contributed by atoms with E-state index in [0.29, 0.717) is 5.82 Å². The summed E-state index contributed by atoms with van der Waals surface area (Å²) in [4.78, 5) is 15.0. The van der Waals surface area contributed by atoms with Crippen molar-refractivity contribution < 1.29 is 15.1 Å². The second-order valence-electron chi connectivity index (χ2n) is 3.98. The normalized spacial score (nSPS) is 12.2. The van der Waals surface area contributed by atoms with Crippen LogP contribution in [0.25, 0.3) is 0 Å². The number of rotatable bonds is 4. The van der Waals surface area contributed by atoms with Crippen molar-refractivity contribution in [1.82, 2.24) is 9.55 Å². The molecular weight excluding hydrogens is 282 g/mol.